The summed E-state index contributed by atoms with van der Waals surface area (Å²) in [6, 6.07) is 14.1. The van der Waals surface area contributed by atoms with E-state index in [4.69, 9.17) is 21.1 Å². The number of barbiturate groups is 1. The van der Waals surface area contributed by atoms with Crippen LogP contribution in [0.2, 0.25) is 5.02 Å². The second-order valence-electron chi connectivity index (χ2n) is 8.85. The number of anilines is 2. The summed E-state index contributed by atoms with van der Waals surface area (Å²) in [5.74, 6) is -1.43. The molecule has 1 saturated heterocycles. The number of hydrogen-bond acceptors (Lipinski definition) is 6. The average Bonchev–Trinajstić information content (AvgIpc) is 2.89. The van der Waals surface area contributed by atoms with Gasteiger partial charge in [0.15, 0.2) is 18.1 Å². The van der Waals surface area contributed by atoms with E-state index in [9.17, 15) is 19.2 Å². The molecule has 0 aromatic heterocycles. The monoisotopic (exact) mass is 625 g/mol. The first-order chi connectivity index (χ1) is 19.1. The summed E-state index contributed by atoms with van der Waals surface area (Å²) in [7, 11) is 0. The van der Waals surface area contributed by atoms with Gasteiger partial charge in [-0.3, -0.25) is 19.7 Å². The Hall–Kier alpha value is -4.15. The van der Waals surface area contributed by atoms with E-state index < -0.39 is 17.8 Å². The van der Waals surface area contributed by atoms with Crippen molar-refractivity contribution in [3.05, 3.63) is 86.4 Å². The van der Waals surface area contributed by atoms with Crippen LogP contribution >= 0.6 is 27.5 Å². The zero-order valence-corrected chi connectivity index (χ0v) is 24.2. The zero-order valence-electron chi connectivity index (χ0n) is 21.8. The van der Waals surface area contributed by atoms with Crippen molar-refractivity contribution in [2.45, 2.75) is 20.8 Å². The molecule has 0 atom stereocenters. The topological polar surface area (TPSA) is 114 Å². The van der Waals surface area contributed by atoms with Gasteiger partial charge in [0.05, 0.1) is 16.8 Å². The highest BCUT2D eigenvalue weighted by Gasteiger charge is 2.36. The van der Waals surface area contributed by atoms with Gasteiger partial charge in [0, 0.05) is 10.7 Å². The Bertz CT molecular complexity index is 1540. The first kappa shape index (κ1) is 28.8. The average molecular weight is 627 g/mol. The molecule has 11 heteroatoms. The minimum Gasteiger partial charge on any atom is -0.490 e. The third-order valence-corrected chi connectivity index (χ3v) is 6.67. The molecule has 9 nitrogen and oxygen atoms in total. The number of halogens is 2. The molecule has 0 bridgehead atoms. The maximum absolute atomic E-state index is 13.2. The van der Waals surface area contributed by atoms with Crippen molar-refractivity contribution >= 4 is 68.7 Å². The fraction of sp³-hybridized carbons (Fsp3) is 0.172. The molecular weight excluding hydrogens is 602 g/mol. The SMILES string of the molecule is CCOc1cc(/C=C2/C(=O)NC(=O)N(c3ccc(Cl)cc3)C2=O)cc(Br)c1OCC(=O)Nc1ccc(C)cc1C. The van der Waals surface area contributed by atoms with Gasteiger partial charge in [-0.2, -0.15) is 0 Å². The van der Waals surface area contributed by atoms with Crippen LogP contribution in [-0.4, -0.2) is 37.0 Å². The van der Waals surface area contributed by atoms with Gasteiger partial charge in [0.1, 0.15) is 5.57 Å². The van der Waals surface area contributed by atoms with Gasteiger partial charge in [-0.05, 0) is 96.4 Å². The lowest BCUT2D eigenvalue weighted by molar-refractivity contribution is -0.122. The number of imide groups is 2. The molecule has 1 heterocycles. The largest absolute Gasteiger partial charge is 0.490 e. The van der Waals surface area contributed by atoms with Gasteiger partial charge in [-0.1, -0.05) is 29.3 Å². The lowest BCUT2D eigenvalue weighted by Crippen LogP contribution is -2.54. The van der Waals surface area contributed by atoms with Crippen LogP contribution < -0.4 is 25.0 Å². The summed E-state index contributed by atoms with van der Waals surface area (Å²) in [5.41, 5.74) is 3.12. The molecule has 206 valence electrons. The smallest absolute Gasteiger partial charge is 0.335 e. The number of hydrogen-bond donors (Lipinski definition) is 2. The number of carbonyl (C=O) groups excluding carboxylic acids is 4. The second-order valence-corrected chi connectivity index (χ2v) is 10.1. The van der Waals surface area contributed by atoms with Crippen LogP contribution in [0.3, 0.4) is 0 Å². The molecule has 3 aromatic rings. The maximum Gasteiger partial charge on any atom is 0.335 e. The summed E-state index contributed by atoms with van der Waals surface area (Å²) in [6.45, 7) is 5.66. The molecule has 0 unspecified atom stereocenters. The standard InChI is InChI=1S/C29H25BrClN3O6/c1-4-39-24-14-18(12-21-27(36)33-29(38)34(28(21)37)20-8-6-19(31)7-9-20)13-22(30)26(24)40-15-25(35)32-23-10-5-16(2)11-17(23)3/h5-14H,4,15H2,1-3H3,(H,32,35)(H,33,36,38)/b21-12-. The van der Waals surface area contributed by atoms with Crippen LogP contribution in [0.4, 0.5) is 16.2 Å². The van der Waals surface area contributed by atoms with E-state index in [1.807, 2.05) is 32.0 Å². The minimum atomic E-state index is -0.867. The summed E-state index contributed by atoms with van der Waals surface area (Å²) in [5, 5.41) is 5.44. The minimum absolute atomic E-state index is 0.254. The van der Waals surface area contributed by atoms with Crippen LogP contribution in [0, 0.1) is 13.8 Å². The molecule has 2 N–H and O–H groups in total. The van der Waals surface area contributed by atoms with Gasteiger partial charge in [0.25, 0.3) is 17.7 Å². The molecule has 0 saturated carbocycles. The molecule has 5 amide bonds. The molecule has 40 heavy (non-hydrogen) atoms. The van der Waals surface area contributed by atoms with E-state index in [2.05, 4.69) is 26.6 Å². The Morgan fingerprint density at radius 2 is 1.77 bits per heavy atom. The van der Waals surface area contributed by atoms with Crippen LogP contribution in [0.5, 0.6) is 11.5 Å². The van der Waals surface area contributed by atoms with E-state index in [1.54, 1.807) is 19.1 Å². The first-order valence-electron chi connectivity index (χ1n) is 12.2. The van der Waals surface area contributed by atoms with Gasteiger partial charge in [-0.15, -0.1) is 0 Å². The van der Waals surface area contributed by atoms with Gasteiger partial charge in [0.2, 0.25) is 0 Å². The lowest BCUT2D eigenvalue weighted by Gasteiger charge is -2.26. The van der Waals surface area contributed by atoms with Crippen molar-refractivity contribution in [3.63, 3.8) is 0 Å². The third kappa shape index (κ3) is 6.52. The number of nitrogens with zero attached hydrogens (tertiary/aromatic N) is 1. The number of carbonyl (C=O) groups is 4. The molecule has 0 spiro atoms. The molecular formula is C29H25BrClN3O6. The van der Waals surface area contributed by atoms with E-state index in [-0.39, 0.29) is 41.9 Å². The molecule has 1 aliphatic heterocycles. The Labute approximate surface area is 244 Å². The molecule has 0 aliphatic carbocycles. The van der Waals surface area contributed by atoms with E-state index in [1.165, 1.54) is 30.3 Å². The number of nitrogens with one attached hydrogen (secondary N) is 2. The Morgan fingerprint density at radius 1 is 1.05 bits per heavy atom. The fourth-order valence-electron chi connectivity index (χ4n) is 4.00. The summed E-state index contributed by atoms with van der Waals surface area (Å²) in [6.07, 6.45) is 1.34. The highest BCUT2D eigenvalue weighted by molar-refractivity contribution is 9.10. The Morgan fingerprint density at radius 3 is 2.45 bits per heavy atom. The van der Waals surface area contributed by atoms with E-state index in [0.29, 0.717) is 20.7 Å². The predicted octanol–water partition coefficient (Wildman–Crippen LogP) is 5.80. The molecule has 0 radical (unpaired) electrons. The summed E-state index contributed by atoms with van der Waals surface area (Å²) < 4.78 is 11.9. The molecule has 1 aliphatic rings. The second kappa shape index (κ2) is 12.4. The number of aryl methyl sites for hydroxylation is 2. The number of urea groups is 1. The highest BCUT2D eigenvalue weighted by Crippen LogP contribution is 2.38. The maximum atomic E-state index is 13.2. The van der Waals surface area contributed by atoms with Crippen molar-refractivity contribution in [1.29, 1.82) is 0 Å². The molecule has 4 rings (SSSR count). The summed E-state index contributed by atoms with van der Waals surface area (Å²) >= 11 is 9.36. The first-order valence-corrected chi connectivity index (χ1v) is 13.4. The van der Waals surface area contributed by atoms with Crippen molar-refractivity contribution in [2.75, 3.05) is 23.4 Å². The van der Waals surface area contributed by atoms with E-state index in [0.717, 1.165) is 16.0 Å². The van der Waals surface area contributed by atoms with Crippen LogP contribution in [0.25, 0.3) is 6.08 Å². The van der Waals surface area contributed by atoms with Crippen LogP contribution in [-0.2, 0) is 14.4 Å². The van der Waals surface area contributed by atoms with Crippen LogP contribution in [0.1, 0.15) is 23.6 Å². The number of ether oxygens (including phenoxy) is 2. The predicted molar refractivity (Wildman–Crippen MR) is 156 cm³/mol. The Balaban J connectivity index is 1.57. The zero-order chi connectivity index (χ0) is 29.0. The van der Waals surface area contributed by atoms with Gasteiger partial charge in [-0.25, -0.2) is 9.69 Å². The van der Waals surface area contributed by atoms with Gasteiger partial charge >= 0.3 is 6.03 Å². The number of rotatable bonds is 8. The number of benzene rings is 3. The van der Waals surface area contributed by atoms with Crippen molar-refractivity contribution in [3.8, 4) is 11.5 Å². The Kier molecular flexibility index (Phi) is 8.91. The van der Waals surface area contributed by atoms with Crippen LogP contribution in [0.15, 0.2) is 64.6 Å². The molecule has 1 fully saturated rings. The van der Waals surface area contributed by atoms with Crippen molar-refractivity contribution in [2.24, 2.45) is 0 Å². The number of amides is 5. The van der Waals surface area contributed by atoms with Gasteiger partial charge < -0.3 is 14.8 Å². The highest BCUT2D eigenvalue weighted by atomic mass is 79.9. The molecule has 3 aromatic carbocycles. The fourth-order valence-corrected chi connectivity index (χ4v) is 4.70. The van der Waals surface area contributed by atoms with E-state index >= 15 is 0 Å². The lowest BCUT2D eigenvalue weighted by atomic mass is 10.1. The van der Waals surface area contributed by atoms with Crippen molar-refractivity contribution < 1.29 is 28.7 Å². The summed E-state index contributed by atoms with van der Waals surface area (Å²) in [4.78, 5) is 51.7. The quantitative estimate of drug-likeness (QED) is 0.241. The van der Waals surface area contributed by atoms with Crippen molar-refractivity contribution in [1.82, 2.24) is 5.32 Å². The normalized spacial score (nSPS) is 14.3. The third-order valence-electron chi connectivity index (χ3n) is 5.83.